The predicted molar refractivity (Wildman–Crippen MR) is 76.8 cm³/mol. The molecule has 1 amide bonds. The third kappa shape index (κ3) is 7.22. The third-order valence-electron chi connectivity index (χ3n) is 2.15. The molecule has 0 aliphatic carbocycles. The topological polar surface area (TPSA) is 84.6 Å². The summed E-state index contributed by atoms with van der Waals surface area (Å²) in [7, 11) is 0. The van der Waals surface area contributed by atoms with E-state index in [-0.39, 0.29) is 19.0 Å². The average Bonchev–Trinajstić information content (AvgIpc) is 2.27. The number of halogens is 2. The molecular weight excluding hydrogens is 291 g/mol. The number of aliphatic hydroxyl groups is 1. The maximum atomic E-state index is 10.7. The van der Waals surface area contributed by atoms with Gasteiger partial charge in [0.25, 0.3) is 5.91 Å². The molecule has 0 aliphatic rings. The molecule has 1 atom stereocenters. The lowest BCUT2D eigenvalue weighted by molar-refractivity contribution is -0.119. The Labute approximate surface area is 123 Å². The highest BCUT2D eigenvalue weighted by atomic mass is 35.5. The molecule has 7 heteroatoms. The van der Waals surface area contributed by atoms with Gasteiger partial charge in [0, 0.05) is 23.7 Å². The number of primary amides is 1. The summed E-state index contributed by atoms with van der Waals surface area (Å²) >= 11 is 5.90. The Kier molecular flexibility index (Phi) is 8.51. The number of hydrogen-bond donors (Lipinski definition) is 3. The molecule has 19 heavy (non-hydrogen) atoms. The fourth-order valence-corrected chi connectivity index (χ4v) is 1.59. The number of amides is 1. The molecular formula is C12H18Cl2N2O3. The highest BCUT2D eigenvalue weighted by Crippen LogP contribution is 2.22. The first-order valence-electron chi connectivity index (χ1n) is 5.57. The zero-order valence-electron chi connectivity index (χ0n) is 10.6. The lowest BCUT2D eigenvalue weighted by Gasteiger charge is -2.12. The summed E-state index contributed by atoms with van der Waals surface area (Å²) in [6.45, 7) is 2.46. The molecule has 0 saturated heterocycles. The molecule has 1 aromatic carbocycles. The van der Waals surface area contributed by atoms with Crippen molar-refractivity contribution < 1.29 is 14.6 Å². The minimum absolute atomic E-state index is 0. The van der Waals surface area contributed by atoms with E-state index in [2.05, 4.69) is 5.32 Å². The first-order valence-corrected chi connectivity index (χ1v) is 5.95. The summed E-state index contributed by atoms with van der Waals surface area (Å²) in [5, 5.41) is 12.8. The van der Waals surface area contributed by atoms with Crippen LogP contribution in [0.5, 0.6) is 5.75 Å². The summed E-state index contributed by atoms with van der Waals surface area (Å²) in [5.74, 6) is 0.0177. The SMILES string of the molecule is CC(O)CNCc1cc(Cl)ccc1OCC(N)=O.Cl. The summed E-state index contributed by atoms with van der Waals surface area (Å²) in [6.07, 6.45) is -0.431. The Morgan fingerprint density at radius 2 is 2.26 bits per heavy atom. The van der Waals surface area contributed by atoms with Crippen molar-refractivity contribution in [3.8, 4) is 5.75 Å². The van der Waals surface area contributed by atoms with Gasteiger partial charge in [0.15, 0.2) is 6.61 Å². The monoisotopic (exact) mass is 308 g/mol. The van der Waals surface area contributed by atoms with E-state index < -0.39 is 12.0 Å². The van der Waals surface area contributed by atoms with Gasteiger partial charge in [-0.25, -0.2) is 0 Å². The Morgan fingerprint density at radius 1 is 1.58 bits per heavy atom. The molecule has 108 valence electrons. The lowest BCUT2D eigenvalue weighted by Crippen LogP contribution is -2.25. The zero-order chi connectivity index (χ0) is 13.5. The van der Waals surface area contributed by atoms with Crippen molar-refractivity contribution in [3.05, 3.63) is 28.8 Å². The Morgan fingerprint density at radius 3 is 2.84 bits per heavy atom. The van der Waals surface area contributed by atoms with Crippen molar-refractivity contribution >= 4 is 29.9 Å². The van der Waals surface area contributed by atoms with Crippen molar-refractivity contribution in [1.29, 1.82) is 0 Å². The summed E-state index contributed by atoms with van der Waals surface area (Å²) in [4.78, 5) is 10.7. The summed E-state index contributed by atoms with van der Waals surface area (Å²) < 4.78 is 5.28. The molecule has 0 aliphatic heterocycles. The van der Waals surface area contributed by atoms with Crippen LogP contribution < -0.4 is 15.8 Å². The van der Waals surface area contributed by atoms with Gasteiger partial charge in [0.1, 0.15) is 5.75 Å². The summed E-state index contributed by atoms with van der Waals surface area (Å²) in [6, 6.07) is 5.10. The number of hydrogen-bond acceptors (Lipinski definition) is 4. The van der Waals surface area contributed by atoms with Gasteiger partial charge in [-0.2, -0.15) is 0 Å². The van der Waals surface area contributed by atoms with E-state index in [0.29, 0.717) is 23.9 Å². The zero-order valence-corrected chi connectivity index (χ0v) is 12.1. The number of aliphatic hydroxyl groups excluding tert-OH is 1. The number of ether oxygens (including phenoxy) is 1. The van der Waals surface area contributed by atoms with Crippen molar-refractivity contribution in [2.24, 2.45) is 5.73 Å². The minimum Gasteiger partial charge on any atom is -0.483 e. The lowest BCUT2D eigenvalue weighted by atomic mass is 10.2. The Bertz CT molecular complexity index is 414. The largest absolute Gasteiger partial charge is 0.483 e. The van der Waals surface area contributed by atoms with Gasteiger partial charge < -0.3 is 20.9 Å². The molecule has 0 fully saturated rings. The highest BCUT2D eigenvalue weighted by molar-refractivity contribution is 6.30. The van der Waals surface area contributed by atoms with Gasteiger partial charge in [-0.1, -0.05) is 11.6 Å². The molecule has 4 N–H and O–H groups in total. The molecule has 0 bridgehead atoms. The van der Waals surface area contributed by atoms with Crippen LogP contribution in [0.15, 0.2) is 18.2 Å². The van der Waals surface area contributed by atoms with Gasteiger partial charge >= 0.3 is 0 Å². The average molecular weight is 309 g/mol. The van der Waals surface area contributed by atoms with Crippen LogP contribution in [0.25, 0.3) is 0 Å². The highest BCUT2D eigenvalue weighted by Gasteiger charge is 2.06. The molecule has 0 aromatic heterocycles. The fourth-order valence-electron chi connectivity index (χ4n) is 1.39. The molecule has 1 rings (SSSR count). The smallest absolute Gasteiger partial charge is 0.255 e. The summed E-state index contributed by atoms with van der Waals surface area (Å²) in [5.41, 5.74) is 5.83. The van der Waals surface area contributed by atoms with Crippen LogP contribution in [0.1, 0.15) is 12.5 Å². The second-order valence-electron chi connectivity index (χ2n) is 3.99. The predicted octanol–water partition coefficient (Wildman–Crippen LogP) is 1.10. The van der Waals surface area contributed by atoms with E-state index in [1.54, 1.807) is 25.1 Å². The molecule has 5 nitrogen and oxygen atoms in total. The quantitative estimate of drug-likeness (QED) is 0.704. The van der Waals surface area contributed by atoms with Crippen LogP contribution in [-0.2, 0) is 11.3 Å². The van der Waals surface area contributed by atoms with Crippen LogP contribution in [0.2, 0.25) is 5.02 Å². The number of benzene rings is 1. The van der Waals surface area contributed by atoms with Crippen molar-refractivity contribution in [2.75, 3.05) is 13.2 Å². The van der Waals surface area contributed by atoms with E-state index in [1.807, 2.05) is 0 Å². The van der Waals surface area contributed by atoms with Crippen LogP contribution in [0, 0.1) is 0 Å². The molecule has 0 radical (unpaired) electrons. The first kappa shape index (κ1) is 18.0. The Hall–Kier alpha value is -1.01. The van der Waals surface area contributed by atoms with E-state index >= 15 is 0 Å². The number of rotatable bonds is 7. The second kappa shape index (κ2) is 8.98. The van der Waals surface area contributed by atoms with Crippen molar-refractivity contribution in [3.63, 3.8) is 0 Å². The molecule has 0 spiro atoms. The third-order valence-corrected chi connectivity index (χ3v) is 2.38. The van der Waals surface area contributed by atoms with Crippen molar-refractivity contribution in [2.45, 2.75) is 19.6 Å². The van der Waals surface area contributed by atoms with Crippen molar-refractivity contribution in [1.82, 2.24) is 5.32 Å². The number of carbonyl (C=O) groups is 1. The van der Waals surface area contributed by atoms with Crippen LogP contribution in [-0.4, -0.2) is 30.3 Å². The molecule has 1 unspecified atom stereocenters. The number of nitrogens with two attached hydrogens (primary N) is 1. The standard InChI is InChI=1S/C12H17ClN2O3.ClH/c1-8(16)5-15-6-9-4-10(13)2-3-11(9)18-7-12(14)17;/h2-4,8,15-16H,5-7H2,1H3,(H2,14,17);1H. The van der Waals surface area contributed by atoms with Crippen LogP contribution in [0.3, 0.4) is 0 Å². The Balaban J connectivity index is 0.00000324. The molecule has 0 saturated carbocycles. The van der Waals surface area contributed by atoms with Gasteiger partial charge in [0.05, 0.1) is 6.10 Å². The first-order chi connectivity index (χ1) is 8.49. The maximum Gasteiger partial charge on any atom is 0.255 e. The van der Waals surface area contributed by atoms with E-state index in [0.717, 1.165) is 5.56 Å². The van der Waals surface area contributed by atoms with E-state index in [4.69, 9.17) is 27.2 Å². The molecule has 1 aromatic rings. The second-order valence-corrected chi connectivity index (χ2v) is 4.42. The van der Waals surface area contributed by atoms with Gasteiger partial charge in [0.2, 0.25) is 0 Å². The van der Waals surface area contributed by atoms with Gasteiger partial charge in [-0.15, -0.1) is 12.4 Å². The maximum absolute atomic E-state index is 10.7. The number of carbonyl (C=O) groups excluding carboxylic acids is 1. The van der Waals surface area contributed by atoms with Gasteiger partial charge in [-0.05, 0) is 25.1 Å². The van der Waals surface area contributed by atoms with Gasteiger partial charge in [-0.3, -0.25) is 4.79 Å². The van der Waals surface area contributed by atoms with Crippen LogP contribution in [0.4, 0.5) is 0 Å². The molecule has 0 heterocycles. The normalized spacial score (nSPS) is 11.5. The number of nitrogens with one attached hydrogen (secondary N) is 1. The minimum atomic E-state index is -0.534. The fraction of sp³-hybridized carbons (Fsp3) is 0.417. The van der Waals surface area contributed by atoms with E-state index in [9.17, 15) is 4.79 Å². The van der Waals surface area contributed by atoms with Crippen LogP contribution >= 0.6 is 24.0 Å². The van der Waals surface area contributed by atoms with E-state index in [1.165, 1.54) is 0 Å².